The summed E-state index contributed by atoms with van der Waals surface area (Å²) in [6, 6.07) is 1.89. The maximum atomic E-state index is 5.79. The van der Waals surface area contributed by atoms with E-state index in [1.807, 2.05) is 19.2 Å². The lowest BCUT2D eigenvalue weighted by Crippen LogP contribution is -1.89. The minimum Gasteiger partial charge on any atom is -0.274 e. The van der Waals surface area contributed by atoms with Gasteiger partial charge in [0.15, 0.2) is 0 Å². The van der Waals surface area contributed by atoms with Crippen LogP contribution in [0.15, 0.2) is 18.5 Å². The lowest BCUT2D eigenvalue weighted by atomic mass is 10.5. The summed E-state index contributed by atoms with van der Waals surface area (Å²) in [6.45, 7) is 1.92. The van der Waals surface area contributed by atoms with Gasteiger partial charge < -0.3 is 0 Å². The van der Waals surface area contributed by atoms with Crippen molar-refractivity contribution in [2.24, 2.45) is 0 Å². The molecule has 0 saturated carbocycles. The van der Waals surface area contributed by atoms with E-state index in [2.05, 4.69) is 9.97 Å². The van der Waals surface area contributed by atoms with Crippen molar-refractivity contribution in [1.29, 1.82) is 0 Å². The Bertz CT molecular complexity index is 393. The van der Waals surface area contributed by atoms with Crippen molar-refractivity contribution < 1.29 is 0 Å². The summed E-state index contributed by atoms with van der Waals surface area (Å²) in [7, 11) is 0. The number of hydrogen-bond acceptors (Lipinski definition) is 2. The summed E-state index contributed by atoms with van der Waals surface area (Å²) in [6.07, 6.45) is 3.44. The molecule has 2 rings (SSSR count). The maximum absolute atomic E-state index is 5.79. The monoisotopic (exact) mass is 167 g/mol. The van der Waals surface area contributed by atoms with Gasteiger partial charge in [-0.1, -0.05) is 11.6 Å². The molecular weight excluding hydrogens is 162 g/mol. The Kier molecular flexibility index (Phi) is 1.32. The van der Waals surface area contributed by atoms with Gasteiger partial charge in [0.05, 0.1) is 6.20 Å². The summed E-state index contributed by atoms with van der Waals surface area (Å²) < 4.78 is 1.73. The fourth-order valence-electron chi connectivity index (χ4n) is 0.929. The third kappa shape index (κ3) is 0.973. The third-order valence-corrected chi connectivity index (χ3v) is 1.75. The van der Waals surface area contributed by atoms with E-state index in [4.69, 9.17) is 11.6 Å². The number of aromatic nitrogens is 3. The fourth-order valence-corrected chi connectivity index (χ4v) is 1.11. The van der Waals surface area contributed by atoms with Crippen LogP contribution in [0.25, 0.3) is 5.78 Å². The van der Waals surface area contributed by atoms with Crippen molar-refractivity contribution in [2.75, 3.05) is 0 Å². The first-order chi connectivity index (χ1) is 5.27. The number of halogens is 1. The smallest absolute Gasteiger partial charge is 0.235 e. The lowest BCUT2D eigenvalue weighted by molar-refractivity contribution is 1.07. The Labute approximate surface area is 68.7 Å². The average Bonchev–Trinajstić information content (AvgIpc) is 2.32. The number of fused-ring (bicyclic) bond motifs is 1. The van der Waals surface area contributed by atoms with Gasteiger partial charge in [0.1, 0.15) is 5.15 Å². The quantitative estimate of drug-likeness (QED) is 0.598. The van der Waals surface area contributed by atoms with Gasteiger partial charge in [0.25, 0.3) is 0 Å². The molecule has 0 unspecified atom stereocenters. The highest BCUT2D eigenvalue weighted by Gasteiger charge is 1.99. The average molecular weight is 168 g/mol. The van der Waals surface area contributed by atoms with Gasteiger partial charge in [0, 0.05) is 11.9 Å². The SMILES string of the molecule is Cc1ccn2c(Cl)cnc2n1. The molecule has 0 radical (unpaired) electrons. The highest BCUT2D eigenvalue weighted by Crippen LogP contribution is 2.09. The van der Waals surface area contributed by atoms with Crippen LogP contribution in [-0.4, -0.2) is 14.4 Å². The van der Waals surface area contributed by atoms with Crippen molar-refractivity contribution in [3.63, 3.8) is 0 Å². The van der Waals surface area contributed by atoms with Crippen LogP contribution in [0.1, 0.15) is 5.69 Å². The molecule has 56 valence electrons. The Morgan fingerprint density at radius 2 is 2.36 bits per heavy atom. The standard InChI is InChI=1S/C7H6ClN3/c1-5-2-3-11-6(8)4-9-7(11)10-5/h2-4H,1H3. The Morgan fingerprint density at radius 1 is 1.55 bits per heavy atom. The molecule has 0 aliphatic heterocycles. The van der Waals surface area contributed by atoms with Gasteiger partial charge in [-0.25, -0.2) is 9.97 Å². The summed E-state index contributed by atoms with van der Waals surface area (Å²) >= 11 is 5.79. The van der Waals surface area contributed by atoms with Gasteiger partial charge in [-0.3, -0.25) is 4.40 Å². The molecule has 2 aromatic rings. The van der Waals surface area contributed by atoms with Crippen LogP contribution in [-0.2, 0) is 0 Å². The molecule has 0 aliphatic carbocycles. The van der Waals surface area contributed by atoms with Crippen LogP contribution >= 0.6 is 11.6 Å². The molecule has 0 saturated heterocycles. The first-order valence-corrected chi connectivity index (χ1v) is 3.61. The van der Waals surface area contributed by atoms with E-state index >= 15 is 0 Å². The first-order valence-electron chi connectivity index (χ1n) is 3.23. The lowest BCUT2D eigenvalue weighted by Gasteiger charge is -1.93. The van der Waals surface area contributed by atoms with Crippen molar-refractivity contribution in [3.8, 4) is 0 Å². The van der Waals surface area contributed by atoms with Crippen LogP contribution in [0.2, 0.25) is 5.15 Å². The largest absolute Gasteiger partial charge is 0.274 e. The molecule has 2 heterocycles. The topological polar surface area (TPSA) is 30.2 Å². The van der Waals surface area contributed by atoms with Crippen LogP contribution < -0.4 is 0 Å². The molecule has 2 aromatic heterocycles. The van der Waals surface area contributed by atoms with Crippen molar-refractivity contribution in [2.45, 2.75) is 6.92 Å². The molecule has 0 N–H and O–H groups in total. The molecular formula is C7H6ClN3. The normalized spacial score (nSPS) is 10.7. The number of rotatable bonds is 0. The zero-order valence-electron chi connectivity index (χ0n) is 5.95. The minimum absolute atomic E-state index is 0.590. The second-order valence-corrected chi connectivity index (χ2v) is 2.71. The molecule has 0 aliphatic rings. The summed E-state index contributed by atoms with van der Waals surface area (Å²) in [5, 5.41) is 0.590. The highest BCUT2D eigenvalue weighted by atomic mass is 35.5. The minimum atomic E-state index is 0.590. The zero-order valence-corrected chi connectivity index (χ0v) is 6.71. The van der Waals surface area contributed by atoms with Gasteiger partial charge in [-0.15, -0.1) is 0 Å². The number of aryl methyl sites for hydroxylation is 1. The Balaban J connectivity index is 2.86. The molecule has 0 bridgehead atoms. The van der Waals surface area contributed by atoms with Gasteiger partial charge >= 0.3 is 0 Å². The molecule has 3 nitrogen and oxygen atoms in total. The zero-order chi connectivity index (χ0) is 7.84. The maximum Gasteiger partial charge on any atom is 0.235 e. The van der Waals surface area contributed by atoms with Crippen LogP contribution in [0, 0.1) is 6.92 Å². The Morgan fingerprint density at radius 3 is 3.18 bits per heavy atom. The molecule has 0 amide bonds. The van der Waals surface area contributed by atoms with Gasteiger partial charge in [-0.2, -0.15) is 0 Å². The predicted octanol–water partition coefficient (Wildman–Crippen LogP) is 1.69. The first kappa shape index (κ1) is 6.61. The van der Waals surface area contributed by atoms with E-state index < -0.39 is 0 Å². The molecule has 4 heteroatoms. The summed E-state index contributed by atoms with van der Waals surface area (Å²) in [5.74, 6) is 0.648. The Hall–Kier alpha value is -1.09. The van der Waals surface area contributed by atoms with Crippen molar-refractivity contribution >= 4 is 17.4 Å². The van der Waals surface area contributed by atoms with Crippen molar-refractivity contribution in [3.05, 3.63) is 29.3 Å². The predicted molar refractivity (Wildman–Crippen MR) is 42.7 cm³/mol. The highest BCUT2D eigenvalue weighted by molar-refractivity contribution is 6.29. The van der Waals surface area contributed by atoms with E-state index in [9.17, 15) is 0 Å². The molecule has 0 fully saturated rings. The van der Waals surface area contributed by atoms with Crippen LogP contribution in [0.4, 0.5) is 0 Å². The number of hydrogen-bond donors (Lipinski definition) is 0. The molecule has 0 atom stereocenters. The number of imidazole rings is 1. The summed E-state index contributed by atoms with van der Waals surface area (Å²) in [4.78, 5) is 8.16. The molecule has 11 heavy (non-hydrogen) atoms. The van der Waals surface area contributed by atoms with Gasteiger partial charge in [-0.05, 0) is 13.0 Å². The van der Waals surface area contributed by atoms with E-state index in [1.54, 1.807) is 10.6 Å². The summed E-state index contributed by atoms with van der Waals surface area (Å²) in [5.41, 5.74) is 0.944. The van der Waals surface area contributed by atoms with Crippen LogP contribution in [0.3, 0.4) is 0 Å². The molecule has 0 spiro atoms. The van der Waals surface area contributed by atoms with E-state index in [1.165, 1.54) is 0 Å². The van der Waals surface area contributed by atoms with E-state index in [0.29, 0.717) is 10.9 Å². The number of nitrogens with zero attached hydrogens (tertiary/aromatic N) is 3. The van der Waals surface area contributed by atoms with Crippen molar-refractivity contribution in [1.82, 2.24) is 14.4 Å². The molecule has 0 aromatic carbocycles. The van der Waals surface area contributed by atoms with Gasteiger partial charge in [0.2, 0.25) is 5.78 Å². The second kappa shape index (κ2) is 2.20. The third-order valence-electron chi connectivity index (χ3n) is 1.47. The van der Waals surface area contributed by atoms with E-state index in [-0.39, 0.29) is 0 Å². The van der Waals surface area contributed by atoms with Crippen LogP contribution in [0.5, 0.6) is 0 Å². The van der Waals surface area contributed by atoms with E-state index in [0.717, 1.165) is 5.69 Å². The second-order valence-electron chi connectivity index (χ2n) is 2.32. The fraction of sp³-hybridized carbons (Fsp3) is 0.143.